The molecule has 0 radical (unpaired) electrons. The number of carbonyl (C=O) groups is 1. The lowest BCUT2D eigenvalue weighted by molar-refractivity contribution is -0.138. The number of halogens is 3. The maximum Gasteiger partial charge on any atom is 0.323 e. The summed E-state index contributed by atoms with van der Waals surface area (Å²) in [5.74, 6) is -1.57. The van der Waals surface area contributed by atoms with Crippen molar-refractivity contribution in [2.45, 2.75) is 7.45 Å². The number of carboxylic acid groups (broad SMARTS) is 1. The first-order valence-electron chi connectivity index (χ1n) is 5.32. The highest BCUT2D eigenvalue weighted by atomic mass is 127. The summed E-state index contributed by atoms with van der Waals surface area (Å²) >= 11 is 5.39. The van der Waals surface area contributed by atoms with Crippen molar-refractivity contribution >= 4 is 73.7 Å². The van der Waals surface area contributed by atoms with Crippen molar-refractivity contribution in [3.63, 3.8) is 0 Å². The van der Waals surface area contributed by atoms with E-state index in [1.165, 1.54) is 18.2 Å². The van der Waals surface area contributed by atoms with Crippen LogP contribution in [0.2, 0.25) is 2.82 Å². The Balaban J connectivity index is 3.47. The number of aromatic hydroxyl groups is 1. The molecule has 0 aromatic heterocycles. The maximum atomic E-state index is 11.3. The Bertz CT molecular complexity index is 515. The first-order valence-corrected chi connectivity index (χ1v) is 7.17. The second kappa shape index (κ2) is 5.52. The van der Waals surface area contributed by atoms with Gasteiger partial charge < -0.3 is 15.9 Å². The Labute approximate surface area is 138 Å². The smallest absolute Gasteiger partial charge is 0.323 e. The molecule has 4 N–H and O–H groups in total. The van der Waals surface area contributed by atoms with Gasteiger partial charge >= 0.3 is 5.97 Å². The average Bonchev–Trinajstić information content (AvgIpc) is 2.26. The molecule has 1 rings (SSSR count). The minimum absolute atomic E-state index is 0.0243. The number of benzene rings is 1. The quantitative estimate of drug-likeness (QED) is 0.388. The highest BCUT2D eigenvalue weighted by Gasteiger charge is 2.39. The van der Waals surface area contributed by atoms with Crippen LogP contribution in [-0.2, 0) is 6.22 Å². The first-order chi connectivity index (χ1) is 8.55. The topological polar surface area (TPSA) is 83.6 Å². The summed E-state index contributed by atoms with van der Waals surface area (Å²) in [6.07, 6.45) is 0. The van der Waals surface area contributed by atoms with E-state index in [1.54, 1.807) is 45.2 Å². The molecule has 0 heterocycles. The molecule has 0 aliphatic heterocycles. The zero-order valence-electron chi connectivity index (χ0n) is 10.6. The summed E-state index contributed by atoms with van der Waals surface area (Å²) in [5.41, 5.74) is 0.325. The fraction of sp³-hybridized carbons (Fsp3) is 0.222. The van der Waals surface area contributed by atoms with E-state index in [-0.39, 0.29) is 11.5 Å². The summed E-state index contributed by atoms with van der Waals surface area (Å²) in [5, 5.41) is 18.6. The maximum absolute atomic E-state index is 11.3. The minimum atomic E-state index is -2.50. The summed E-state index contributed by atoms with van der Waals surface area (Å²) in [6, 6.07) is 1.81. The van der Waals surface area contributed by atoms with Gasteiger partial charge in [0.15, 0.2) is 0 Å². The largest absolute Gasteiger partial charge is 0.508 e. The van der Waals surface area contributed by atoms with E-state index in [0.717, 1.165) is 0 Å². The normalized spacial score (nSPS) is 18.4. The van der Waals surface area contributed by atoms with Crippen LogP contribution in [-0.4, -0.2) is 22.2 Å². The molecule has 1 atom stereocenters. The summed E-state index contributed by atoms with van der Waals surface area (Å²) < 4.78 is 21.7. The molecule has 7 heteroatoms. The number of aliphatic carboxylic acids is 1. The summed E-state index contributed by atoms with van der Waals surface area (Å²) in [4.78, 5) is 11.3. The van der Waals surface area contributed by atoms with Gasteiger partial charge in [-0.2, -0.15) is 0 Å². The number of carboxylic acids is 1. The van der Waals surface area contributed by atoms with Crippen LogP contribution >= 0.6 is 67.8 Å². The number of nitrogens with two attached hydrogens (primary N) is 1. The van der Waals surface area contributed by atoms with E-state index < -0.39 is 13.4 Å². The van der Waals surface area contributed by atoms with Gasteiger partial charge in [-0.25, -0.2) is 0 Å². The Morgan fingerprint density at radius 3 is 2.69 bits per heavy atom. The van der Waals surface area contributed by atoms with Crippen molar-refractivity contribution in [2.75, 3.05) is 0 Å². The molecule has 0 bridgehead atoms. The zero-order valence-corrected chi connectivity index (χ0v) is 14.1. The van der Waals surface area contributed by atoms with Crippen molar-refractivity contribution in [1.82, 2.24) is 0 Å². The van der Waals surface area contributed by atoms with Gasteiger partial charge in [0, 0.05) is 3.57 Å². The van der Waals surface area contributed by atoms with Crippen molar-refractivity contribution < 1.29 is 19.2 Å². The predicted octanol–water partition coefficient (Wildman–Crippen LogP) is 2.43. The lowest BCUT2D eigenvalue weighted by Crippen LogP contribution is -2.43. The van der Waals surface area contributed by atoms with E-state index >= 15 is 0 Å². The molecule has 0 unspecified atom stereocenters. The van der Waals surface area contributed by atoms with E-state index in [4.69, 9.17) is 4.19 Å². The Morgan fingerprint density at radius 2 is 2.25 bits per heavy atom. The molecular formula is C9H8I3NO3. The van der Waals surface area contributed by atoms with Crippen LogP contribution in [0.25, 0.3) is 0 Å². The van der Waals surface area contributed by atoms with Crippen LogP contribution < -0.4 is 5.72 Å². The number of hydrogen-bond acceptors (Lipinski definition) is 3. The molecular weight excluding hydrogens is 551 g/mol. The lowest BCUT2D eigenvalue weighted by Gasteiger charge is -2.26. The molecule has 1 aromatic rings. The van der Waals surface area contributed by atoms with Gasteiger partial charge in [-0.15, -0.1) is 0 Å². The number of phenolic OH excluding ortho intramolecular Hbond substituents is 1. The van der Waals surface area contributed by atoms with Crippen LogP contribution in [0.3, 0.4) is 0 Å². The van der Waals surface area contributed by atoms with Crippen molar-refractivity contribution in [3.8, 4) is 5.75 Å². The SMILES string of the molecule is [3H]N([3H])[C@]([3H])(C(=O)O)C(I)(I)c1ccc(O)cc1I. The summed E-state index contributed by atoms with van der Waals surface area (Å²) in [7, 11) is 0. The van der Waals surface area contributed by atoms with E-state index in [0.29, 0.717) is 9.13 Å². The van der Waals surface area contributed by atoms with Crippen LogP contribution in [0, 0.1) is 3.57 Å². The lowest BCUT2D eigenvalue weighted by atomic mass is 10.1. The third kappa shape index (κ3) is 3.10. The van der Waals surface area contributed by atoms with Crippen molar-refractivity contribution in [1.29, 1.82) is 0 Å². The molecule has 16 heavy (non-hydrogen) atoms. The highest BCUT2D eigenvalue weighted by molar-refractivity contribution is 14.2. The second-order valence-corrected chi connectivity index (χ2v) is 9.35. The molecule has 0 spiro atoms. The van der Waals surface area contributed by atoms with Crippen molar-refractivity contribution in [2.24, 2.45) is 5.72 Å². The molecule has 88 valence electrons. The van der Waals surface area contributed by atoms with Gasteiger partial charge in [-0.05, 0) is 40.3 Å². The number of rotatable bonds is 4. The third-order valence-corrected chi connectivity index (χ3v) is 4.87. The number of hydrogen-bond donors (Lipinski definition) is 3. The molecule has 0 aliphatic rings. The number of alkyl halides is 2. The fourth-order valence-corrected chi connectivity index (χ4v) is 4.36. The van der Waals surface area contributed by atoms with Crippen LogP contribution in [0.15, 0.2) is 18.2 Å². The van der Waals surface area contributed by atoms with Gasteiger partial charge in [0.05, 0.1) is 1.37 Å². The fourth-order valence-electron chi connectivity index (χ4n) is 1.02. The Kier molecular flexibility index (Phi) is 3.64. The molecule has 0 amide bonds. The third-order valence-electron chi connectivity index (χ3n) is 1.79. The zero-order chi connectivity index (χ0) is 15.0. The Morgan fingerprint density at radius 1 is 1.62 bits per heavy atom. The minimum Gasteiger partial charge on any atom is -0.508 e. The molecule has 4 nitrogen and oxygen atoms in total. The van der Waals surface area contributed by atoms with Crippen LogP contribution in [0.4, 0.5) is 0 Å². The van der Waals surface area contributed by atoms with Gasteiger partial charge in [-0.3, -0.25) is 4.79 Å². The molecule has 0 saturated carbocycles. The number of phenols is 1. The van der Waals surface area contributed by atoms with Crippen molar-refractivity contribution in [3.05, 3.63) is 27.3 Å². The molecule has 1 aromatic carbocycles. The molecule has 0 fully saturated rings. The van der Waals surface area contributed by atoms with Crippen LogP contribution in [0.1, 0.15) is 6.93 Å². The average molecular weight is 565 g/mol. The van der Waals surface area contributed by atoms with E-state index in [9.17, 15) is 15.0 Å². The monoisotopic (exact) mass is 565 g/mol. The molecule has 0 aliphatic carbocycles. The van der Waals surface area contributed by atoms with Gasteiger partial charge in [0.1, 0.15) is 16.0 Å². The van der Waals surface area contributed by atoms with E-state index in [2.05, 4.69) is 0 Å². The van der Waals surface area contributed by atoms with Gasteiger partial charge in [0.2, 0.25) is 0 Å². The van der Waals surface area contributed by atoms with Gasteiger partial charge in [0.25, 0.3) is 0 Å². The highest BCUT2D eigenvalue weighted by Crippen LogP contribution is 2.44. The predicted molar refractivity (Wildman–Crippen MR) is 86.2 cm³/mol. The first kappa shape index (κ1) is 10.6. The molecule has 0 saturated heterocycles. The summed E-state index contributed by atoms with van der Waals surface area (Å²) in [6.45, 7) is 0. The van der Waals surface area contributed by atoms with Gasteiger partial charge in [-0.1, -0.05) is 51.2 Å². The Hall–Kier alpha value is 0.640. The second-order valence-electron chi connectivity index (χ2n) is 2.89. The standard InChI is InChI=1S/C9H8I3NO3/c10-6-3-4(14)1-2-5(6)9(11,12)7(13)8(15)16/h1-3,7,14H,13H2,(H,15,16)/t7-/m1/s1/i7T/hT2. The van der Waals surface area contributed by atoms with E-state index in [1.807, 2.05) is 22.6 Å². The van der Waals surface area contributed by atoms with Crippen LogP contribution in [0.5, 0.6) is 5.75 Å².